The van der Waals surface area contributed by atoms with E-state index < -0.39 is 18.0 Å². The van der Waals surface area contributed by atoms with Crippen molar-refractivity contribution in [1.82, 2.24) is 0 Å². The molecule has 138 valence electrons. The maximum atomic E-state index is 12.8. The molecule has 3 aromatic rings. The number of rotatable bonds is 4. The fourth-order valence-corrected chi connectivity index (χ4v) is 3.39. The Hall–Kier alpha value is -3.77. The van der Waals surface area contributed by atoms with Crippen LogP contribution < -0.4 is 5.32 Å². The number of hydrogen-bond acceptors (Lipinski definition) is 4. The van der Waals surface area contributed by atoms with Gasteiger partial charge in [0.2, 0.25) is 0 Å². The third kappa shape index (κ3) is 2.86. The van der Waals surface area contributed by atoms with E-state index in [1.807, 2.05) is 12.1 Å². The third-order valence-corrected chi connectivity index (χ3v) is 4.69. The summed E-state index contributed by atoms with van der Waals surface area (Å²) < 4.78 is 0. The van der Waals surface area contributed by atoms with Crippen LogP contribution in [0.2, 0.25) is 0 Å². The zero-order valence-electron chi connectivity index (χ0n) is 14.5. The summed E-state index contributed by atoms with van der Waals surface area (Å²) in [6, 6.07) is 18.2. The van der Waals surface area contributed by atoms with Crippen LogP contribution in [0.25, 0.3) is 11.1 Å². The fraction of sp³-hybridized carbons (Fsp3) is 0.0455. The van der Waals surface area contributed by atoms with E-state index in [0.29, 0.717) is 22.4 Å². The summed E-state index contributed by atoms with van der Waals surface area (Å²) >= 11 is 0. The second-order valence-electron chi connectivity index (χ2n) is 6.42. The van der Waals surface area contributed by atoms with Gasteiger partial charge in [-0.3, -0.25) is 9.59 Å². The monoisotopic (exact) mass is 373 g/mol. The van der Waals surface area contributed by atoms with Gasteiger partial charge >= 0.3 is 5.97 Å². The van der Waals surface area contributed by atoms with Gasteiger partial charge in [-0.25, -0.2) is 4.79 Å². The molecule has 1 aliphatic carbocycles. The molecule has 6 heteroatoms. The first-order chi connectivity index (χ1) is 13.5. The molecule has 6 nitrogen and oxygen atoms in total. The summed E-state index contributed by atoms with van der Waals surface area (Å²) in [5, 5.41) is 21.3. The smallest absolute Gasteiger partial charge is 0.337 e. The fourth-order valence-electron chi connectivity index (χ4n) is 3.39. The van der Waals surface area contributed by atoms with Gasteiger partial charge in [-0.15, -0.1) is 0 Å². The molecule has 3 aromatic carbocycles. The molecule has 1 atom stereocenters. The van der Waals surface area contributed by atoms with Crippen LogP contribution in [0.15, 0.2) is 66.7 Å². The number of aliphatic hydroxyl groups is 1. The first-order valence-corrected chi connectivity index (χ1v) is 8.56. The zero-order valence-corrected chi connectivity index (χ0v) is 14.5. The van der Waals surface area contributed by atoms with Crippen molar-refractivity contribution in [1.29, 1.82) is 0 Å². The van der Waals surface area contributed by atoms with Crippen LogP contribution in [0.1, 0.15) is 37.9 Å². The Morgan fingerprint density at radius 1 is 0.857 bits per heavy atom. The standard InChI is InChI=1S/C22H15NO5/c24-19(22(27)28)12-5-3-6-13(11-12)23-21(26)17-10-4-9-15-14-7-1-2-8-16(14)20(25)18(15)17/h1-11,19,24H,(H,23,26)(H,27,28). The number of carbonyl (C=O) groups is 3. The van der Waals surface area contributed by atoms with Crippen LogP contribution >= 0.6 is 0 Å². The lowest BCUT2D eigenvalue weighted by Gasteiger charge is -2.11. The highest BCUT2D eigenvalue weighted by Crippen LogP contribution is 2.38. The minimum atomic E-state index is -1.69. The molecule has 0 radical (unpaired) electrons. The molecule has 1 unspecified atom stereocenters. The summed E-state index contributed by atoms with van der Waals surface area (Å²) in [4.78, 5) is 36.6. The van der Waals surface area contributed by atoms with Gasteiger partial charge in [0.25, 0.3) is 5.91 Å². The van der Waals surface area contributed by atoms with Crippen molar-refractivity contribution < 1.29 is 24.6 Å². The van der Waals surface area contributed by atoms with Crippen molar-refractivity contribution >= 4 is 23.3 Å². The van der Waals surface area contributed by atoms with E-state index in [0.717, 1.165) is 5.56 Å². The largest absolute Gasteiger partial charge is 0.479 e. The van der Waals surface area contributed by atoms with Crippen molar-refractivity contribution in [2.45, 2.75) is 6.10 Å². The van der Waals surface area contributed by atoms with Gasteiger partial charge in [0.15, 0.2) is 11.9 Å². The molecule has 0 saturated carbocycles. The summed E-state index contributed by atoms with van der Waals surface area (Å²) in [6.45, 7) is 0. The number of nitrogens with one attached hydrogen (secondary N) is 1. The van der Waals surface area contributed by atoms with Gasteiger partial charge in [-0.2, -0.15) is 0 Å². The highest BCUT2D eigenvalue weighted by Gasteiger charge is 2.30. The Morgan fingerprint density at radius 3 is 2.29 bits per heavy atom. The maximum Gasteiger partial charge on any atom is 0.337 e. The SMILES string of the molecule is O=C(Nc1cccc(C(O)C(=O)O)c1)c1cccc2c1C(=O)c1ccccc1-2. The average molecular weight is 373 g/mol. The molecule has 3 N–H and O–H groups in total. The number of ketones is 1. The lowest BCUT2D eigenvalue weighted by molar-refractivity contribution is -0.146. The Balaban J connectivity index is 1.68. The normalized spacial score (nSPS) is 12.8. The molecule has 0 bridgehead atoms. The maximum absolute atomic E-state index is 12.8. The first-order valence-electron chi connectivity index (χ1n) is 8.56. The van der Waals surface area contributed by atoms with Crippen LogP contribution in [0, 0.1) is 0 Å². The van der Waals surface area contributed by atoms with E-state index in [1.165, 1.54) is 18.2 Å². The van der Waals surface area contributed by atoms with Crippen LogP contribution in [0.4, 0.5) is 5.69 Å². The van der Waals surface area contributed by atoms with Gasteiger partial charge in [-0.1, -0.05) is 48.5 Å². The van der Waals surface area contributed by atoms with Gasteiger partial charge in [0, 0.05) is 16.8 Å². The first kappa shape index (κ1) is 17.6. The van der Waals surface area contributed by atoms with Crippen LogP contribution in [0.3, 0.4) is 0 Å². The van der Waals surface area contributed by atoms with Crippen molar-refractivity contribution in [3.63, 3.8) is 0 Å². The van der Waals surface area contributed by atoms with Crippen LogP contribution in [-0.2, 0) is 4.79 Å². The number of hydrogen-bond donors (Lipinski definition) is 3. The second kappa shape index (κ2) is 6.75. The quantitative estimate of drug-likeness (QED) is 0.509. The van der Waals surface area contributed by atoms with Crippen LogP contribution in [-0.4, -0.2) is 27.9 Å². The van der Waals surface area contributed by atoms with E-state index >= 15 is 0 Å². The van der Waals surface area contributed by atoms with E-state index in [-0.39, 0.29) is 16.9 Å². The lowest BCUT2D eigenvalue weighted by atomic mass is 10.00. The summed E-state index contributed by atoms with van der Waals surface area (Å²) in [5.74, 6) is -2.07. The minimum absolute atomic E-state index is 0.145. The Bertz CT molecular complexity index is 1140. The van der Waals surface area contributed by atoms with E-state index in [2.05, 4.69) is 5.32 Å². The Morgan fingerprint density at radius 2 is 1.54 bits per heavy atom. The van der Waals surface area contributed by atoms with E-state index in [4.69, 9.17) is 5.11 Å². The molecular formula is C22H15NO5. The molecule has 1 amide bonds. The van der Waals surface area contributed by atoms with Gasteiger partial charge < -0.3 is 15.5 Å². The molecule has 4 rings (SSSR count). The topological polar surface area (TPSA) is 104 Å². The van der Waals surface area contributed by atoms with Gasteiger partial charge in [0.05, 0.1) is 5.56 Å². The van der Waals surface area contributed by atoms with E-state index in [1.54, 1.807) is 36.4 Å². The Kier molecular flexibility index (Phi) is 4.25. The third-order valence-electron chi connectivity index (χ3n) is 4.69. The van der Waals surface area contributed by atoms with Gasteiger partial charge in [-0.05, 0) is 34.9 Å². The summed E-state index contributed by atoms with van der Waals surface area (Å²) in [6.07, 6.45) is -1.69. The van der Waals surface area contributed by atoms with Crippen molar-refractivity contribution in [3.05, 3.63) is 89.0 Å². The number of anilines is 1. The average Bonchev–Trinajstić information content (AvgIpc) is 3.00. The predicted octanol–water partition coefficient (Wildman–Crippen LogP) is 3.27. The molecule has 0 aromatic heterocycles. The molecule has 0 spiro atoms. The zero-order chi connectivity index (χ0) is 19.8. The predicted molar refractivity (Wildman–Crippen MR) is 102 cm³/mol. The highest BCUT2D eigenvalue weighted by molar-refractivity contribution is 6.26. The molecule has 28 heavy (non-hydrogen) atoms. The number of amides is 1. The second-order valence-corrected chi connectivity index (χ2v) is 6.42. The molecule has 0 heterocycles. The number of benzene rings is 3. The summed E-state index contributed by atoms with van der Waals surface area (Å²) in [7, 11) is 0. The molecule has 0 saturated heterocycles. The minimum Gasteiger partial charge on any atom is -0.479 e. The van der Waals surface area contributed by atoms with Gasteiger partial charge in [0.1, 0.15) is 0 Å². The van der Waals surface area contributed by atoms with Crippen LogP contribution in [0.5, 0.6) is 0 Å². The molecular weight excluding hydrogens is 358 g/mol. The lowest BCUT2D eigenvalue weighted by Crippen LogP contribution is -2.16. The van der Waals surface area contributed by atoms with Crippen molar-refractivity contribution in [3.8, 4) is 11.1 Å². The van der Waals surface area contributed by atoms with Crippen molar-refractivity contribution in [2.24, 2.45) is 0 Å². The Labute approximate surface area is 160 Å². The van der Waals surface area contributed by atoms with Crippen molar-refractivity contribution in [2.75, 3.05) is 5.32 Å². The number of aliphatic carboxylic acids is 1. The highest BCUT2D eigenvalue weighted by atomic mass is 16.4. The number of carboxylic acids is 1. The molecule has 0 fully saturated rings. The number of aliphatic hydroxyl groups excluding tert-OH is 1. The number of fused-ring (bicyclic) bond motifs is 3. The number of carboxylic acid groups (broad SMARTS) is 1. The molecule has 1 aliphatic rings. The molecule has 0 aliphatic heterocycles. The van der Waals surface area contributed by atoms with E-state index in [9.17, 15) is 19.5 Å². The summed E-state index contributed by atoms with van der Waals surface area (Å²) in [5.41, 5.74) is 3.12. The number of carbonyl (C=O) groups excluding carboxylic acids is 2.